The first kappa shape index (κ1) is 11.7. The van der Waals surface area contributed by atoms with Crippen LogP contribution in [-0.2, 0) is 6.42 Å². The van der Waals surface area contributed by atoms with Gasteiger partial charge in [-0.25, -0.2) is 0 Å². The summed E-state index contributed by atoms with van der Waals surface area (Å²) in [6.45, 7) is 2.72. The zero-order valence-corrected chi connectivity index (χ0v) is 11.5. The fraction of sp³-hybridized carbons (Fsp3) is 0.231. The first-order valence-corrected chi connectivity index (χ1v) is 6.90. The molecule has 3 heteroatoms. The molecule has 0 aliphatic carbocycles. The van der Waals surface area contributed by atoms with Crippen molar-refractivity contribution in [1.29, 1.82) is 0 Å². The smallest absolute Gasteiger partial charge is 0.122 e. The summed E-state index contributed by atoms with van der Waals surface area (Å²) in [6.07, 6.45) is 0.937. The van der Waals surface area contributed by atoms with Crippen LogP contribution < -0.4 is 4.74 Å². The van der Waals surface area contributed by atoms with Crippen molar-refractivity contribution in [3.8, 4) is 5.75 Å². The van der Waals surface area contributed by atoms with Gasteiger partial charge in [0.25, 0.3) is 0 Å². The highest BCUT2D eigenvalue weighted by molar-refractivity contribution is 9.10. The predicted molar refractivity (Wildman–Crippen MR) is 72.4 cm³/mol. The van der Waals surface area contributed by atoms with Gasteiger partial charge in [-0.2, -0.15) is 0 Å². The van der Waals surface area contributed by atoms with Gasteiger partial charge in [-0.1, -0.05) is 22.0 Å². The van der Waals surface area contributed by atoms with Crippen molar-refractivity contribution < 1.29 is 4.74 Å². The summed E-state index contributed by atoms with van der Waals surface area (Å²) in [6, 6.07) is 10.4. The van der Waals surface area contributed by atoms with E-state index in [1.807, 2.05) is 19.1 Å². The lowest BCUT2D eigenvalue weighted by molar-refractivity contribution is 0.337. The number of rotatable bonds is 4. The van der Waals surface area contributed by atoms with Crippen molar-refractivity contribution in [2.75, 3.05) is 6.61 Å². The first-order valence-electron chi connectivity index (χ1n) is 5.23. The Labute approximate surface area is 108 Å². The zero-order chi connectivity index (χ0) is 11.4. The van der Waals surface area contributed by atoms with Crippen LogP contribution >= 0.6 is 27.3 Å². The van der Waals surface area contributed by atoms with E-state index < -0.39 is 0 Å². The molecular weight excluding hydrogens is 284 g/mol. The highest BCUT2D eigenvalue weighted by Gasteiger charge is 2.05. The van der Waals surface area contributed by atoms with Gasteiger partial charge in [-0.05, 0) is 36.6 Å². The second-order valence-corrected chi connectivity index (χ2v) is 5.39. The number of benzene rings is 1. The van der Waals surface area contributed by atoms with Crippen LogP contribution in [0, 0.1) is 0 Å². The summed E-state index contributed by atoms with van der Waals surface area (Å²) in [5.74, 6) is 0.985. The molecule has 1 nitrogen and oxygen atoms in total. The minimum Gasteiger partial charge on any atom is -0.494 e. The molecule has 0 aliphatic rings. The number of ether oxygens (including phenoxy) is 1. The third-order valence-corrected chi connectivity index (χ3v) is 3.64. The SMILES string of the molecule is CCOc1ccc(Br)cc1Cc1cccs1. The van der Waals surface area contributed by atoms with Crippen molar-refractivity contribution in [3.63, 3.8) is 0 Å². The fourth-order valence-corrected chi connectivity index (χ4v) is 2.72. The minimum atomic E-state index is 0.707. The monoisotopic (exact) mass is 296 g/mol. The van der Waals surface area contributed by atoms with E-state index in [0.717, 1.165) is 16.6 Å². The summed E-state index contributed by atoms with van der Waals surface area (Å²) < 4.78 is 6.72. The highest BCUT2D eigenvalue weighted by Crippen LogP contribution is 2.27. The number of hydrogen-bond acceptors (Lipinski definition) is 2. The van der Waals surface area contributed by atoms with Crippen molar-refractivity contribution in [2.24, 2.45) is 0 Å². The summed E-state index contributed by atoms with van der Waals surface area (Å²) in [5.41, 5.74) is 1.23. The van der Waals surface area contributed by atoms with Crippen LogP contribution in [0.5, 0.6) is 5.75 Å². The molecule has 0 amide bonds. The standard InChI is InChI=1S/C13H13BrOS/c1-2-15-13-6-5-11(14)8-10(13)9-12-4-3-7-16-12/h3-8H,2,9H2,1H3. The molecule has 16 heavy (non-hydrogen) atoms. The van der Waals surface area contributed by atoms with E-state index >= 15 is 0 Å². The molecule has 0 unspecified atom stereocenters. The third-order valence-electron chi connectivity index (χ3n) is 2.27. The molecule has 0 aliphatic heterocycles. The van der Waals surface area contributed by atoms with Crippen LogP contribution in [0.15, 0.2) is 40.2 Å². The van der Waals surface area contributed by atoms with Gasteiger partial charge in [-0.3, -0.25) is 0 Å². The van der Waals surface area contributed by atoms with Crippen molar-refractivity contribution >= 4 is 27.3 Å². The largest absolute Gasteiger partial charge is 0.494 e. The molecule has 0 radical (unpaired) electrons. The maximum absolute atomic E-state index is 5.62. The van der Waals surface area contributed by atoms with Crippen molar-refractivity contribution in [3.05, 3.63) is 50.6 Å². The summed E-state index contributed by atoms with van der Waals surface area (Å²) in [4.78, 5) is 1.36. The Kier molecular flexibility index (Phi) is 4.02. The zero-order valence-electron chi connectivity index (χ0n) is 9.07. The molecular formula is C13H13BrOS. The molecule has 1 heterocycles. The maximum Gasteiger partial charge on any atom is 0.122 e. The van der Waals surface area contributed by atoms with Crippen LogP contribution in [0.3, 0.4) is 0 Å². The second kappa shape index (κ2) is 5.51. The number of hydrogen-bond donors (Lipinski definition) is 0. The lowest BCUT2D eigenvalue weighted by Gasteiger charge is -2.09. The average Bonchev–Trinajstić information content (AvgIpc) is 2.75. The van der Waals surface area contributed by atoms with E-state index in [2.05, 4.69) is 39.5 Å². The lowest BCUT2D eigenvalue weighted by atomic mass is 10.1. The molecule has 0 saturated heterocycles. The van der Waals surface area contributed by atoms with Gasteiger partial charge < -0.3 is 4.74 Å². The quantitative estimate of drug-likeness (QED) is 0.807. The molecule has 2 rings (SSSR count). The van der Waals surface area contributed by atoms with E-state index in [1.54, 1.807) is 11.3 Å². The highest BCUT2D eigenvalue weighted by atomic mass is 79.9. The predicted octanol–water partition coefficient (Wildman–Crippen LogP) is 4.50. The molecule has 0 spiro atoms. The maximum atomic E-state index is 5.62. The Morgan fingerprint density at radius 2 is 2.19 bits per heavy atom. The van der Waals surface area contributed by atoms with E-state index in [1.165, 1.54) is 10.4 Å². The molecule has 0 fully saturated rings. The summed E-state index contributed by atoms with van der Waals surface area (Å²) in [5, 5.41) is 2.10. The normalized spacial score (nSPS) is 10.4. The van der Waals surface area contributed by atoms with Crippen LogP contribution in [0.25, 0.3) is 0 Å². The van der Waals surface area contributed by atoms with Crippen molar-refractivity contribution in [2.45, 2.75) is 13.3 Å². The number of halogens is 1. The van der Waals surface area contributed by atoms with Gasteiger partial charge in [0, 0.05) is 21.3 Å². The summed E-state index contributed by atoms with van der Waals surface area (Å²) in [7, 11) is 0. The Morgan fingerprint density at radius 3 is 2.88 bits per heavy atom. The first-order chi connectivity index (χ1) is 7.79. The third kappa shape index (κ3) is 2.86. The molecule has 84 valence electrons. The van der Waals surface area contributed by atoms with Gasteiger partial charge in [0.1, 0.15) is 5.75 Å². The molecule has 0 bridgehead atoms. The van der Waals surface area contributed by atoms with Crippen LogP contribution in [0.2, 0.25) is 0 Å². The Balaban J connectivity index is 2.26. The van der Waals surface area contributed by atoms with Gasteiger partial charge in [-0.15, -0.1) is 11.3 Å². The average molecular weight is 297 g/mol. The molecule has 2 aromatic rings. The topological polar surface area (TPSA) is 9.23 Å². The molecule has 0 saturated carbocycles. The van der Waals surface area contributed by atoms with Crippen LogP contribution in [-0.4, -0.2) is 6.61 Å². The molecule has 1 aromatic heterocycles. The van der Waals surface area contributed by atoms with Crippen molar-refractivity contribution in [1.82, 2.24) is 0 Å². The Hall–Kier alpha value is -0.800. The van der Waals surface area contributed by atoms with Crippen LogP contribution in [0.4, 0.5) is 0 Å². The van der Waals surface area contributed by atoms with Gasteiger partial charge in [0.2, 0.25) is 0 Å². The number of thiophene rings is 1. The minimum absolute atomic E-state index is 0.707. The molecule has 0 atom stereocenters. The van der Waals surface area contributed by atoms with E-state index in [4.69, 9.17) is 4.74 Å². The molecule has 1 aromatic carbocycles. The van der Waals surface area contributed by atoms with E-state index in [-0.39, 0.29) is 0 Å². The van der Waals surface area contributed by atoms with Gasteiger partial charge in [0.05, 0.1) is 6.61 Å². The van der Waals surface area contributed by atoms with Gasteiger partial charge >= 0.3 is 0 Å². The Morgan fingerprint density at radius 1 is 1.31 bits per heavy atom. The van der Waals surface area contributed by atoms with Crippen LogP contribution in [0.1, 0.15) is 17.4 Å². The fourth-order valence-electron chi connectivity index (χ4n) is 1.58. The second-order valence-electron chi connectivity index (χ2n) is 3.44. The lowest BCUT2D eigenvalue weighted by Crippen LogP contribution is -1.96. The van der Waals surface area contributed by atoms with Gasteiger partial charge in [0.15, 0.2) is 0 Å². The van der Waals surface area contributed by atoms with E-state index in [0.29, 0.717) is 6.61 Å². The van der Waals surface area contributed by atoms with E-state index in [9.17, 15) is 0 Å². The Bertz CT molecular complexity index is 451. The molecule has 0 N–H and O–H groups in total. The summed E-state index contributed by atoms with van der Waals surface area (Å²) >= 11 is 5.28.